The van der Waals surface area contributed by atoms with Gasteiger partial charge in [-0.2, -0.15) is 0 Å². The fourth-order valence-corrected chi connectivity index (χ4v) is 2.48. The van der Waals surface area contributed by atoms with Gasteiger partial charge in [0.05, 0.1) is 0 Å². The molecule has 1 rings (SSSR count). The molecule has 1 aliphatic rings. The molecule has 0 amide bonds. The largest absolute Gasteiger partial charge is 0.382 e. The zero-order valence-corrected chi connectivity index (χ0v) is 9.72. The maximum Gasteiger partial charge on any atom is 0.0480 e. The topological polar surface area (TPSA) is 21.3 Å². The highest BCUT2D eigenvalue weighted by atomic mass is 16.5. The van der Waals surface area contributed by atoms with Gasteiger partial charge in [-0.1, -0.05) is 19.8 Å². The SMILES string of the molecule is CCNC(CCOCC)C1CCCC1. The van der Waals surface area contributed by atoms with E-state index >= 15 is 0 Å². The van der Waals surface area contributed by atoms with Gasteiger partial charge in [-0.3, -0.25) is 0 Å². The molecule has 0 heterocycles. The first kappa shape index (κ1) is 12.0. The lowest BCUT2D eigenvalue weighted by Gasteiger charge is -2.24. The Morgan fingerprint density at radius 2 is 2.00 bits per heavy atom. The number of hydrogen-bond acceptors (Lipinski definition) is 2. The molecule has 1 N–H and O–H groups in total. The van der Waals surface area contributed by atoms with E-state index in [-0.39, 0.29) is 0 Å². The summed E-state index contributed by atoms with van der Waals surface area (Å²) in [5.41, 5.74) is 0. The van der Waals surface area contributed by atoms with E-state index in [1.54, 1.807) is 0 Å². The fraction of sp³-hybridized carbons (Fsp3) is 1.00. The number of ether oxygens (including phenoxy) is 1. The van der Waals surface area contributed by atoms with Crippen LogP contribution < -0.4 is 5.32 Å². The molecule has 0 aliphatic heterocycles. The van der Waals surface area contributed by atoms with Crippen molar-refractivity contribution in [2.24, 2.45) is 5.92 Å². The van der Waals surface area contributed by atoms with Gasteiger partial charge in [0.2, 0.25) is 0 Å². The average molecular weight is 199 g/mol. The molecule has 0 aromatic carbocycles. The van der Waals surface area contributed by atoms with Crippen LogP contribution in [0.15, 0.2) is 0 Å². The predicted molar refractivity (Wildman–Crippen MR) is 60.5 cm³/mol. The van der Waals surface area contributed by atoms with Crippen LogP contribution in [-0.4, -0.2) is 25.8 Å². The van der Waals surface area contributed by atoms with Gasteiger partial charge in [-0.05, 0) is 38.6 Å². The summed E-state index contributed by atoms with van der Waals surface area (Å²) in [6, 6.07) is 0.703. The van der Waals surface area contributed by atoms with E-state index in [4.69, 9.17) is 4.74 Å². The lowest BCUT2D eigenvalue weighted by atomic mass is 9.95. The Balaban J connectivity index is 2.22. The van der Waals surface area contributed by atoms with Gasteiger partial charge in [0.15, 0.2) is 0 Å². The molecule has 1 atom stereocenters. The molecule has 0 spiro atoms. The quantitative estimate of drug-likeness (QED) is 0.636. The lowest BCUT2D eigenvalue weighted by molar-refractivity contribution is 0.128. The van der Waals surface area contributed by atoms with Crippen molar-refractivity contribution >= 4 is 0 Å². The van der Waals surface area contributed by atoms with Crippen molar-refractivity contribution in [1.82, 2.24) is 5.32 Å². The van der Waals surface area contributed by atoms with Crippen molar-refractivity contribution in [2.75, 3.05) is 19.8 Å². The van der Waals surface area contributed by atoms with Crippen molar-refractivity contribution in [3.8, 4) is 0 Å². The van der Waals surface area contributed by atoms with E-state index in [1.165, 1.54) is 32.1 Å². The molecule has 1 fully saturated rings. The zero-order valence-electron chi connectivity index (χ0n) is 9.72. The van der Waals surface area contributed by atoms with Crippen LogP contribution in [0.25, 0.3) is 0 Å². The summed E-state index contributed by atoms with van der Waals surface area (Å²) in [6.45, 7) is 7.13. The van der Waals surface area contributed by atoms with Crippen LogP contribution in [0.4, 0.5) is 0 Å². The Kier molecular flexibility index (Phi) is 6.20. The Hall–Kier alpha value is -0.0800. The molecule has 0 aromatic rings. The van der Waals surface area contributed by atoms with Crippen LogP contribution in [-0.2, 0) is 4.74 Å². The van der Waals surface area contributed by atoms with Crippen molar-refractivity contribution in [3.05, 3.63) is 0 Å². The Labute approximate surface area is 88.4 Å². The van der Waals surface area contributed by atoms with E-state index in [1.807, 2.05) is 0 Å². The molecule has 84 valence electrons. The minimum absolute atomic E-state index is 0.703. The van der Waals surface area contributed by atoms with Crippen molar-refractivity contribution in [1.29, 1.82) is 0 Å². The van der Waals surface area contributed by atoms with E-state index in [2.05, 4.69) is 19.2 Å². The normalized spacial score (nSPS) is 20.1. The maximum atomic E-state index is 5.43. The third-order valence-corrected chi connectivity index (χ3v) is 3.21. The fourth-order valence-electron chi connectivity index (χ4n) is 2.48. The zero-order chi connectivity index (χ0) is 10.2. The van der Waals surface area contributed by atoms with Gasteiger partial charge in [-0.15, -0.1) is 0 Å². The molecule has 0 bridgehead atoms. The molecular weight excluding hydrogens is 174 g/mol. The minimum Gasteiger partial charge on any atom is -0.382 e. The van der Waals surface area contributed by atoms with Gasteiger partial charge in [0, 0.05) is 19.3 Å². The van der Waals surface area contributed by atoms with Crippen LogP contribution in [0, 0.1) is 5.92 Å². The molecule has 0 aromatic heterocycles. The second-order valence-corrected chi connectivity index (χ2v) is 4.19. The van der Waals surface area contributed by atoms with Gasteiger partial charge in [0.1, 0.15) is 0 Å². The maximum absolute atomic E-state index is 5.43. The van der Waals surface area contributed by atoms with Gasteiger partial charge >= 0.3 is 0 Å². The molecule has 0 radical (unpaired) electrons. The van der Waals surface area contributed by atoms with Gasteiger partial charge < -0.3 is 10.1 Å². The standard InChI is InChI=1S/C12H25NO/c1-3-13-12(9-10-14-4-2)11-7-5-6-8-11/h11-13H,3-10H2,1-2H3. The molecule has 14 heavy (non-hydrogen) atoms. The van der Waals surface area contributed by atoms with Crippen molar-refractivity contribution < 1.29 is 4.74 Å². The van der Waals surface area contributed by atoms with Crippen LogP contribution in [0.3, 0.4) is 0 Å². The first-order valence-corrected chi connectivity index (χ1v) is 6.19. The Morgan fingerprint density at radius 3 is 2.57 bits per heavy atom. The highest BCUT2D eigenvalue weighted by molar-refractivity contribution is 4.80. The summed E-state index contributed by atoms with van der Waals surface area (Å²) in [5.74, 6) is 0.912. The predicted octanol–water partition coefficient (Wildman–Crippen LogP) is 2.58. The molecule has 0 saturated heterocycles. The van der Waals surface area contributed by atoms with E-state index in [0.717, 1.165) is 25.7 Å². The molecule has 2 heteroatoms. The van der Waals surface area contributed by atoms with Crippen LogP contribution in [0.5, 0.6) is 0 Å². The first-order valence-electron chi connectivity index (χ1n) is 6.19. The van der Waals surface area contributed by atoms with Gasteiger partial charge in [-0.25, -0.2) is 0 Å². The third-order valence-electron chi connectivity index (χ3n) is 3.21. The lowest BCUT2D eigenvalue weighted by Crippen LogP contribution is -2.36. The number of rotatable bonds is 7. The molecule has 1 aliphatic carbocycles. The van der Waals surface area contributed by atoms with Crippen LogP contribution in [0.2, 0.25) is 0 Å². The highest BCUT2D eigenvalue weighted by Crippen LogP contribution is 2.28. The monoisotopic (exact) mass is 199 g/mol. The van der Waals surface area contributed by atoms with Crippen molar-refractivity contribution in [2.45, 2.75) is 52.0 Å². The summed E-state index contributed by atoms with van der Waals surface area (Å²) < 4.78 is 5.43. The minimum atomic E-state index is 0.703. The summed E-state index contributed by atoms with van der Waals surface area (Å²) in [7, 11) is 0. The Morgan fingerprint density at radius 1 is 1.29 bits per heavy atom. The second-order valence-electron chi connectivity index (χ2n) is 4.19. The van der Waals surface area contributed by atoms with E-state index < -0.39 is 0 Å². The second kappa shape index (κ2) is 7.24. The van der Waals surface area contributed by atoms with Gasteiger partial charge in [0.25, 0.3) is 0 Å². The van der Waals surface area contributed by atoms with Crippen LogP contribution >= 0.6 is 0 Å². The molecule has 1 unspecified atom stereocenters. The van der Waals surface area contributed by atoms with Crippen molar-refractivity contribution in [3.63, 3.8) is 0 Å². The third kappa shape index (κ3) is 3.97. The molecular formula is C12H25NO. The number of nitrogens with one attached hydrogen (secondary N) is 1. The molecule has 1 saturated carbocycles. The summed E-state index contributed by atoms with van der Waals surface area (Å²) in [6.07, 6.45) is 6.89. The Bertz CT molecular complexity index is 132. The highest BCUT2D eigenvalue weighted by Gasteiger charge is 2.23. The average Bonchev–Trinajstić information content (AvgIpc) is 2.70. The smallest absolute Gasteiger partial charge is 0.0480 e. The summed E-state index contributed by atoms with van der Waals surface area (Å²) in [5, 5.41) is 3.60. The first-order chi connectivity index (χ1) is 6.88. The van der Waals surface area contributed by atoms with E-state index in [0.29, 0.717) is 6.04 Å². The number of hydrogen-bond donors (Lipinski definition) is 1. The molecule has 2 nitrogen and oxygen atoms in total. The summed E-state index contributed by atoms with van der Waals surface area (Å²) >= 11 is 0. The van der Waals surface area contributed by atoms with Crippen LogP contribution in [0.1, 0.15) is 46.0 Å². The van der Waals surface area contributed by atoms with E-state index in [9.17, 15) is 0 Å². The summed E-state index contributed by atoms with van der Waals surface area (Å²) in [4.78, 5) is 0.